The summed E-state index contributed by atoms with van der Waals surface area (Å²) in [6, 6.07) is 17.5. The van der Waals surface area contributed by atoms with Crippen molar-refractivity contribution >= 4 is 33.0 Å². The van der Waals surface area contributed by atoms with Gasteiger partial charge in [-0.25, -0.2) is 8.42 Å². The van der Waals surface area contributed by atoms with E-state index in [0.29, 0.717) is 5.69 Å². The summed E-state index contributed by atoms with van der Waals surface area (Å²) in [6.07, 6.45) is 0. The highest BCUT2D eigenvalue weighted by atomic mass is 32.2. The van der Waals surface area contributed by atoms with Gasteiger partial charge in [-0.2, -0.15) is 0 Å². The Kier molecular flexibility index (Phi) is 6.59. The SMILES string of the molecule is Cc1ccc(S(=O)(=O)N(CC(=O)Nc2cccc([N+](=O)[O-])c2C)c2cccc(C)c2)cc1. The largest absolute Gasteiger partial charge is 0.324 e. The minimum Gasteiger partial charge on any atom is -0.324 e. The first-order valence-electron chi connectivity index (χ1n) is 9.79. The van der Waals surface area contributed by atoms with E-state index in [9.17, 15) is 23.3 Å². The quantitative estimate of drug-likeness (QED) is 0.422. The molecule has 1 amide bonds. The van der Waals surface area contributed by atoms with Crippen LogP contribution in [0.15, 0.2) is 71.6 Å². The number of amides is 1. The van der Waals surface area contributed by atoms with Gasteiger partial charge in [-0.1, -0.05) is 35.9 Å². The van der Waals surface area contributed by atoms with E-state index in [-0.39, 0.29) is 21.8 Å². The minimum atomic E-state index is -4.04. The van der Waals surface area contributed by atoms with Crippen LogP contribution in [0, 0.1) is 30.9 Å². The van der Waals surface area contributed by atoms with Gasteiger partial charge in [-0.05, 0) is 56.7 Å². The van der Waals surface area contributed by atoms with Crippen LogP contribution in [0.4, 0.5) is 17.1 Å². The summed E-state index contributed by atoms with van der Waals surface area (Å²) in [5.41, 5.74) is 2.49. The molecule has 0 bridgehead atoms. The number of rotatable bonds is 7. The molecule has 166 valence electrons. The highest BCUT2D eigenvalue weighted by Crippen LogP contribution is 2.27. The lowest BCUT2D eigenvalue weighted by atomic mass is 10.1. The number of hydrogen-bond donors (Lipinski definition) is 1. The average Bonchev–Trinajstić information content (AvgIpc) is 2.73. The number of hydrogen-bond acceptors (Lipinski definition) is 5. The molecule has 8 nitrogen and oxygen atoms in total. The number of benzene rings is 3. The van der Waals surface area contributed by atoms with Crippen molar-refractivity contribution in [2.75, 3.05) is 16.2 Å². The van der Waals surface area contributed by atoms with Gasteiger partial charge in [-0.3, -0.25) is 19.2 Å². The topological polar surface area (TPSA) is 110 Å². The van der Waals surface area contributed by atoms with Gasteiger partial charge in [0.25, 0.3) is 15.7 Å². The first kappa shape index (κ1) is 23.0. The molecule has 3 aromatic rings. The fourth-order valence-corrected chi connectivity index (χ4v) is 4.63. The van der Waals surface area contributed by atoms with Gasteiger partial charge >= 0.3 is 0 Å². The third-order valence-electron chi connectivity index (χ3n) is 4.96. The number of nitrogens with one attached hydrogen (secondary N) is 1. The van der Waals surface area contributed by atoms with Crippen LogP contribution in [0.5, 0.6) is 0 Å². The molecule has 3 rings (SSSR count). The van der Waals surface area contributed by atoms with Gasteiger partial charge in [0.1, 0.15) is 6.54 Å². The smallest absolute Gasteiger partial charge is 0.274 e. The fourth-order valence-electron chi connectivity index (χ4n) is 3.21. The molecule has 0 heterocycles. The highest BCUT2D eigenvalue weighted by molar-refractivity contribution is 7.92. The zero-order valence-corrected chi connectivity index (χ0v) is 18.7. The Balaban J connectivity index is 1.96. The van der Waals surface area contributed by atoms with Crippen molar-refractivity contribution in [3.8, 4) is 0 Å². The summed E-state index contributed by atoms with van der Waals surface area (Å²) in [4.78, 5) is 23.6. The maximum Gasteiger partial charge on any atom is 0.274 e. The second-order valence-corrected chi connectivity index (χ2v) is 9.28. The molecule has 0 radical (unpaired) electrons. The maximum absolute atomic E-state index is 13.4. The number of nitro benzene ring substituents is 1. The standard InChI is InChI=1S/C23H23N3O5S/c1-16-10-12-20(13-11-16)32(30,31)25(19-7-4-6-17(2)14-19)15-23(27)24-21-8-5-9-22(18(21)3)26(28)29/h4-14H,15H2,1-3H3,(H,24,27). The van der Waals surface area contributed by atoms with Gasteiger partial charge in [0.15, 0.2) is 0 Å². The Morgan fingerprint density at radius 1 is 0.969 bits per heavy atom. The summed E-state index contributed by atoms with van der Waals surface area (Å²) in [5, 5.41) is 13.8. The summed E-state index contributed by atoms with van der Waals surface area (Å²) in [6.45, 7) is 4.70. The Morgan fingerprint density at radius 3 is 2.25 bits per heavy atom. The van der Waals surface area contributed by atoms with Crippen LogP contribution in [-0.2, 0) is 14.8 Å². The summed E-state index contributed by atoms with van der Waals surface area (Å²) < 4.78 is 27.9. The molecule has 9 heteroatoms. The van der Waals surface area contributed by atoms with Gasteiger partial charge in [0.2, 0.25) is 5.91 Å². The zero-order chi connectivity index (χ0) is 23.5. The van der Waals surface area contributed by atoms with E-state index in [1.807, 2.05) is 19.9 Å². The Bertz CT molecular complexity index is 1270. The molecule has 0 unspecified atom stereocenters. The molecule has 0 fully saturated rings. The third kappa shape index (κ3) is 4.94. The van der Waals surface area contributed by atoms with E-state index in [0.717, 1.165) is 15.4 Å². The molecule has 1 N–H and O–H groups in total. The van der Waals surface area contributed by atoms with E-state index < -0.39 is 27.4 Å². The van der Waals surface area contributed by atoms with Crippen molar-refractivity contribution in [2.24, 2.45) is 0 Å². The number of sulfonamides is 1. The first-order valence-corrected chi connectivity index (χ1v) is 11.2. The first-order chi connectivity index (χ1) is 15.1. The lowest BCUT2D eigenvalue weighted by Crippen LogP contribution is -2.38. The van der Waals surface area contributed by atoms with E-state index in [4.69, 9.17) is 0 Å². The Labute approximate surface area is 186 Å². The van der Waals surface area contributed by atoms with Gasteiger partial charge < -0.3 is 5.32 Å². The predicted octanol–water partition coefficient (Wildman–Crippen LogP) is 4.35. The molecule has 0 aliphatic rings. The van der Waals surface area contributed by atoms with E-state index in [1.54, 1.807) is 30.3 Å². The Hall–Kier alpha value is -3.72. The molecule has 0 saturated carbocycles. The highest BCUT2D eigenvalue weighted by Gasteiger charge is 2.27. The third-order valence-corrected chi connectivity index (χ3v) is 6.75. The molecule has 0 aliphatic carbocycles. The van der Waals surface area contributed by atoms with Crippen molar-refractivity contribution in [3.63, 3.8) is 0 Å². The van der Waals surface area contributed by atoms with Crippen LogP contribution >= 0.6 is 0 Å². The van der Waals surface area contributed by atoms with Crippen LogP contribution in [0.1, 0.15) is 16.7 Å². The second kappa shape index (κ2) is 9.19. The normalized spacial score (nSPS) is 11.1. The monoisotopic (exact) mass is 453 g/mol. The van der Waals surface area contributed by atoms with Crippen molar-refractivity contribution in [3.05, 3.63) is 93.5 Å². The molecule has 0 atom stereocenters. The maximum atomic E-state index is 13.4. The number of nitro groups is 1. The average molecular weight is 454 g/mol. The van der Waals surface area contributed by atoms with E-state index in [2.05, 4.69) is 5.32 Å². The van der Waals surface area contributed by atoms with E-state index >= 15 is 0 Å². The molecular formula is C23H23N3O5S. The molecule has 0 saturated heterocycles. The van der Waals surface area contributed by atoms with Crippen molar-refractivity contribution in [2.45, 2.75) is 25.7 Å². The van der Waals surface area contributed by atoms with Crippen LogP contribution in [-0.4, -0.2) is 25.8 Å². The van der Waals surface area contributed by atoms with Crippen LogP contribution in [0.2, 0.25) is 0 Å². The second-order valence-electron chi connectivity index (χ2n) is 7.42. The van der Waals surface area contributed by atoms with Crippen LogP contribution in [0.25, 0.3) is 0 Å². The molecule has 0 aliphatic heterocycles. The lowest BCUT2D eigenvalue weighted by molar-refractivity contribution is -0.385. The van der Waals surface area contributed by atoms with Crippen molar-refractivity contribution in [1.82, 2.24) is 0 Å². The van der Waals surface area contributed by atoms with Gasteiger partial charge in [-0.15, -0.1) is 0 Å². The van der Waals surface area contributed by atoms with Crippen LogP contribution < -0.4 is 9.62 Å². The number of nitrogens with zero attached hydrogens (tertiary/aromatic N) is 2. The van der Waals surface area contributed by atoms with Gasteiger partial charge in [0, 0.05) is 6.07 Å². The van der Waals surface area contributed by atoms with E-state index in [1.165, 1.54) is 37.3 Å². The predicted molar refractivity (Wildman–Crippen MR) is 123 cm³/mol. The van der Waals surface area contributed by atoms with Crippen molar-refractivity contribution < 1.29 is 18.1 Å². The summed E-state index contributed by atoms with van der Waals surface area (Å²) in [7, 11) is -4.04. The molecule has 32 heavy (non-hydrogen) atoms. The molecule has 0 spiro atoms. The zero-order valence-electron chi connectivity index (χ0n) is 17.9. The van der Waals surface area contributed by atoms with Crippen LogP contribution in [0.3, 0.4) is 0 Å². The number of aryl methyl sites for hydroxylation is 2. The molecular weight excluding hydrogens is 430 g/mol. The Morgan fingerprint density at radius 2 is 1.62 bits per heavy atom. The molecule has 3 aromatic carbocycles. The summed E-state index contributed by atoms with van der Waals surface area (Å²) >= 11 is 0. The fraction of sp³-hybridized carbons (Fsp3) is 0.174. The summed E-state index contributed by atoms with van der Waals surface area (Å²) in [5.74, 6) is -0.620. The van der Waals surface area contributed by atoms with Gasteiger partial charge in [0.05, 0.1) is 26.8 Å². The number of carbonyl (C=O) groups is 1. The lowest BCUT2D eigenvalue weighted by Gasteiger charge is -2.24. The number of carbonyl (C=O) groups excluding carboxylic acids is 1. The molecule has 0 aromatic heterocycles. The minimum absolute atomic E-state index is 0.0592. The van der Waals surface area contributed by atoms with Crippen molar-refractivity contribution in [1.29, 1.82) is 0 Å². The number of anilines is 2.